The molecule has 0 aromatic heterocycles. The van der Waals surface area contributed by atoms with Crippen molar-refractivity contribution in [2.75, 3.05) is 43.9 Å². The topological polar surface area (TPSA) is 138 Å². The highest BCUT2D eigenvalue weighted by Gasteiger charge is 2.32. The van der Waals surface area contributed by atoms with Crippen molar-refractivity contribution in [3.05, 3.63) is 78.1 Å². The maximum atomic E-state index is 13.5. The zero-order chi connectivity index (χ0) is 32.0. The number of halogens is 1. The van der Waals surface area contributed by atoms with Crippen LogP contribution >= 0.6 is 0 Å². The van der Waals surface area contributed by atoms with E-state index in [1.54, 1.807) is 56.3 Å². The minimum absolute atomic E-state index is 0.112. The second kappa shape index (κ2) is 14.0. The normalized spacial score (nSPS) is 17.7. The van der Waals surface area contributed by atoms with Gasteiger partial charge in [0.15, 0.2) is 0 Å². The lowest BCUT2D eigenvalue weighted by molar-refractivity contribution is -0.134. The van der Waals surface area contributed by atoms with Crippen LogP contribution < -0.4 is 19.5 Å². The molecule has 3 N–H and O–H groups in total. The molecule has 3 aromatic rings. The van der Waals surface area contributed by atoms with Gasteiger partial charge in [-0.3, -0.25) is 9.52 Å². The Morgan fingerprint density at radius 2 is 1.80 bits per heavy atom. The van der Waals surface area contributed by atoms with Gasteiger partial charge in [0.25, 0.3) is 10.0 Å². The van der Waals surface area contributed by atoms with Gasteiger partial charge in [0, 0.05) is 36.4 Å². The van der Waals surface area contributed by atoms with Crippen molar-refractivity contribution < 1.29 is 37.0 Å². The molecule has 0 saturated heterocycles. The number of aliphatic hydroxyl groups is 1. The molecule has 3 amide bonds. The smallest absolute Gasteiger partial charge is 0.321 e. The third kappa shape index (κ3) is 7.97. The summed E-state index contributed by atoms with van der Waals surface area (Å²) in [6, 6.07) is 15.1. The van der Waals surface area contributed by atoms with E-state index < -0.39 is 28.0 Å². The van der Waals surface area contributed by atoms with Crippen molar-refractivity contribution in [2.24, 2.45) is 5.92 Å². The summed E-state index contributed by atoms with van der Waals surface area (Å²) in [5.41, 5.74) is 1.19. The molecule has 4 rings (SSSR count). The van der Waals surface area contributed by atoms with E-state index in [1.807, 2.05) is 6.92 Å². The summed E-state index contributed by atoms with van der Waals surface area (Å²) in [6.45, 7) is 3.81. The number of amides is 3. The second-order valence-electron chi connectivity index (χ2n) is 10.8. The predicted molar refractivity (Wildman–Crippen MR) is 164 cm³/mol. The molecule has 0 aliphatic carbocycles. The van der Waals surface area contributed by atoms with Crippen molar-refractivity contribution in [1.82, 2.24) is 9.80 Å². The van der Waals surface area contributed by atoms with E-state index in [0.29, 0.717) is 22.7 Å². The first-order chi connectivity index (χ1) is 20.9. The van der Waals surface area contributed by atoms with Crippen LogP contribution in [0.1, 0.15) is 19.4 Å². The van der Waals surface area contributed by atoms with E-state index in [1.165, 1.54) is 17.0 Å². The predicted octanol–water partition coefficient (Wildman–Crippen LogP) is 3.95. The molecule has 1 aliphatic heterocycles. The number of likely N-dealkylation sites (N-methyl/N-ethyl adjacent to an activating group) is 1. The Balaban J connectivity index is 1.60. The number of aliphatic hydroxyl groups excluding tert-OH is 1. The average Bonchev–Trinajstić information content (AvgIpc) is 3.04. The van der Waals surface area contributed by atoms with Crippen LogP contribution in [0.25, 0.3) is 0 Å². The first kappa shape index (κ1) is 32.6. The van der Waals surface area contributed by atoms with Gasteiger partial charge in [-0.1, -0.05) is 6.92 Å². The van der Waals surface area contributed by atoms with Crippen LogP contribution in [-0.4, -0.2) is 81.3 Å². The van der Waals surface area contributed by atoms with Crippen LogP contribution in [0.4, 0.5) is 20.6 Å². The molecule has 0 radical (unpaired) electrons. The molecular weight excluding hydrogens is 591 g/mol. The summed E-state index contributed by atoms with van der Waals surface area (Å²) >= 11 is 0. The summed E-state index contributed by atoms with van der Waals surface area (Å²) in [7, 11) is -0.850. The Labute approximate surface area is 256 Å². The Bertz CT molecular complexity index is 1570. The maximum absolute atomic E-state index is 13.5. The van der Waals surface area contributed by atoms with Gasteiger partial charge in [-0.05, 0) is 73.7 Å². The zero-order valence-electron chi connectivity index (χ0n) is 25.0. The van der Waals surface area contributed by atoms with Crippen LogP contribution in [0.15, 0.2) is 71.6 Å². The van der Waals surface area contributed by atoms with Gasteiger partial charge in [0.1, 0.15) is 23.4 Å². The molecule has 3 aromatic carbocycles. The summed E-state index contributed by atoms with van der Waals surface area (Å²) in [4.78, 5) is 29.4. The number of hydrogen-bond donors (Lipinski definition) is 3. The molecule has 0 fully saturated rings. The number of urea groups is 1. The third-order valence-electron chi connectivity index (χ3n) is 7.43. The minimum atomic E-state index is -4.04. The highest BCUT2D eigenvalue weighted by atomic mass is 32.2. The van der Waals surface area contributed by atoms with Gasteiger partial charge in [-0.2, -0.15) is 0 Å². The molecule has 0 spiro atoms. The molecule has 1 heterocycles. The van der Waals surface area contributed by atoms with E-state index in [2.05, 4.69) is 10.0 Å². The molecule has 0 saturated carbocycles. The summed E-state index contributed by atoms with van der Waals surface area (Å²) in [5.74, 6) is -0.0706. The minimum Gasteiger partial charge on any atom is -0.497 e. The number of fused-ring (bicyclic) bond motifs is 1. The lowest BCUT2D eigenvalue weighted by Gasteiger charge is -2.34. The van der Waals surface area contributed by atoms with E-state index in [0.717, 1.165) is 24.3 Å². The number of methoxy groups -OCH3 is 1. The number of anilines is 2. The van der Waals surface area contributed by atoms with Gasteiger partial charge in [-0.25, -0.2) is 17.6 Å². The van der Waals surface area contributed by atoms with Crippen LogP contribution in [0.5, 0.6) is 11.5 Å². The van der Waals surface area contributed by atoms with Crippen molar-refractivity contribution in [1.29, 1.82) is 0 Å². The van der Waals surface area contributed by atoms with Crippen molar-refractivity contribution in [2.45, 2.75) is 37.3 Å². The van der Waals surface area contributed by atoms with Crippen molar-refractivity contribution in [3.63, 3.8) is 0 Å². The molecule has 0 unspecified atom stereocenters. The highest BCUT2D eigenvalue weighted by molar-refractivity contribution is 7.92. The Morgan fingerprint density at radius 3 is 2.43 bits per heavy atom. The maximum Gasteiger partial charge on any atom is 0.321 e. The number of ether oxygens (including phenoxy) is 2. The Kier molecular flexibility index (Phi) is 10.3. The van der Waals surface area contributed by atoms with Gasteiger partial charge in [-0.15, -0.1) is 0 Å². The Hall–Kier alpha value is -4.36. The fourth-order valence-corrected chi connectivity index (χ4v) is 5.83. The number of carbonyl (C=O) groups excluding carboxylic acids is 2. The van der Waals surface area contributed by atoms with Gasteiger partial charge >= 0.3 is 6.03 Å². The van der Waals surface area contributed by atoms with Crippen LogP contribution in [0.2, 0.25) is 0 Å². The molecule has 3 atom stereocenters. The fourth-order valence-electron chi connectivity index (χ4n) is 4.78. The molecule has 11 nitrogen and oxygen atoms in total. The fraction of sp³-hybridized carbons (Fsp3) is 0.355. The molecule has 13 heteroatoms. The number of rotatable bonds is 9. The first-order valence-electron chi connectivity index (χ1n) is 14.0. The summed E-state index contributed by atoms with van der Waals surface area (Å²) < 4.78 is 53.3. The number of nitrogens with zero attached hydrogens (tertiary/aromatic N) is 2. The zero-order valence-corrected chi connectivity index (χ0v) is 25.8. The summed E-state index contributed by atoms with van der Waals surface area (Å²) in [6.07, 6.45) is -0.680. The van der Waals surface area contributed by atoms with Crippen molar-refractivity contribution in [3.8, 4) is 11.5 Å². The van der Waals surface area contributed by atoms with Crippen LogP contribution in [-0.2, 0) is 21.2 Å². The molecular formula is C31H37FN4O7S. The number of benzene rings is 3. The molecule has 236 valence electrons. The monoisotopic (exact) mass is 628 g/mol. The molecule has 0 bridgehead atoms. The number of nitrogens with one attached hydrogen (secondary N) is 2. The number of hydrogen-bond acceptors (Lipinski definition) is 7. The molecule has 44 heavy (non-hydrogen) atoms. The summed E-state index contributed by atoms with van der Waals surface area (Å²) in [5, 5.41) is 12.7. The Morgan fingerprint density at radius 1 is 1.14 bits per heavy atom. The number of carbonyl (C=O) groups is 2. The SMILES string of the molecule is COc1ccc(NC(=O)N(C)C[C@H]2Oc3ccc(NS(=O)(=O)c4ccc(F)cc4)cc3CC(=O)N([C@H](C)CO)C[C@H]2C)cc1. The highest BCUT2D eigenvalue weighted by Crippen LogP contribution is 2.30. The van der Waals surface area contributed by atoms with E-state index in [9.17, 15) is 27.5 Å². The largest absolute Gasteiger partial charge is 0.497 e. The average molecular weight is 629 g/mol. The van der Waals surface area contributed by atoms with Gasteiger partial charge in [0.2, 0.25) is 5.91 Å². The standard InChI is InChI=1S/C31H37FN4O7S/c1-20-17-36(21(2)19-37)30(38)16-22-15-25(34-44(40,41)27-12-5-23(32)6-13-27)9-14-28(22)43-29(20)18-35(3)31(39)33-24-7-10-26(42-4)11-8-24/h5-15,20-21,29,34,37H,16-19H2,1-4H3,(H,33,39)/t20-,21-,29-/m1/s1. The van der Waals surface area contributed by atoms with Crippen LogP contribution in [0, 0.1) is 11.7 Å². The molecule has 1 aliphatic rings. The first-order valence-corrected chi connectivity index (χ1v) is 15.5. The lowest BCUT2D eigenvalue weighted by atomic mass is 10.0. The van der Waals surface area contributed by atoms with E-state index >= 15 is 0 Å². The van der Waals surface area contributed by atoms with Gasteiger partial charge in [0.05, 0.1) is 37.6 Å². The van der Waals surface area contributed by atoms with E-state index in [4.69, 9.17) is 9.47 Å². The quantitative estimate of drug-likeness (QED) is 0.326. The van der Waals surface area contributed by atoms with Gasteiger partial charge < -0.3 is 29.7 Å². The lowest BCUT2D eigenvalue weighted by Crippen LogP contribution is -2.48. The second-order valence-corrected chi connectivity index (χ2v) is 12.5. The van der Waals surface area contributed by atoms with Crippen LogP contribution in [0.3, 0.4) is 0 Å². The van der Waals surface area contributed by atoms with Crippen molar-refractivity contribution >= 4 is 33.3 Å². The third-order valence-corrected chi connectivity index (χ3v) is 8.83. The number of sulfonamides is 1. The van der Waals surface area contributed by atoms with E-state index in [-0.39, 0.29) is 54.6 Å².